The molecule has 0 aliphatic carbocycles. The zero-order chi connectivity index (χ0) is 15.5. The highest BCUT2D eigenvalue weighted by molar-refractivity contribution is 5.97. The number of hydrogen-bond donors (Lipinski definition) is 1. The van der Waals surface area contributed by atoms with Crippen molar-refractivity contribution in [2.24, 2.45) is 0 Å². The molecule has 0 aliphatic heterocycles. The summed E-state index contributed by atoms with van der Waals surface area (Å²) in [5.41, 5.74) is -1.95. The lowest BCUT2D eigenvalue weighted by Crippen LogP contribution is -2.39. The first-order chi connectivity index (χ1) is 9.16. The van der Waals surface area contributed by atoms with E-state index in [2.05, 4.69) is 4.74 Å². The summed E-state index contributed by atoms with van der Waals surface area (Å²) >= 11 is 0. The van der Waals surface area contributed by atoms with Gasteiger partial charge in [0.15, 0.2) is 0 Å². The summed E-state index contributed by atoms with van der Waals surface area (Å²) in [5, 5.41) is 2.05. The third kappa shape index (κ3) is 3.69. The number of nitrogens with one attached hydrogen (secondary N) is 1. The van der Waals surface area contributed by atoms with Gasteiger partial charge in [-0.05, 0) is 25.1 Å². The van der Waals surface area contributed by atoms with Crippen LogP contribution >= 0.6 is 0 Å². The van der Waals surface area contributed by atoms with Crippen LogP contribution in [0.25, 0.3) is 0 Å². The number of carbonyl (C=O) groups excluding carboxylic acids is 2. The van der Waals surface area contributed by atoms with E-state index in [0.717, 1.165) is 7.11 Å². The van der Waals surface area contributed by atoms with Crippen molar-refractivity contribution in [1.82, 2.24) is 5.32 Å². The minimum absolute atomic E-state index is 0.384. The Morgan fingerprint density at radius 3 is 2.40 bits per heavy atom. The van der Waals surface area contributed by atoms with Gasteiger partial charge in [0.25, 0.3) is 5.91 Å². The number of esters is 1. The Morgan fingerprint density at radius 1 is 1.30 bits per heavy atom. The van der Waals surface area contributed by atoms with Gasteiger partial charge in [-0.15, -0.1) is 0 Å². The molecule has 4 nitrogen and oxygen atoms in total. The lowest BCUT2D eigenvalue weighted by Gasteiger charge is -2.13. The number of methoxy groups -OCH3 is 1. The highest BCUT2D eigenvalue weighted by atomic mass is 19.4. The van der Waals surface area contributed by atoms with Crippen molar-refractivity contribution in [2.75, 3.05) is 7.11 Å². The maximum Gasteiger partial charge on any atom is 0.416 e. The molecule has 1 atom stereocenters. The van der Waals surface area contributed by atoms with E-state index in [0.29, 0.717) is 18.2 Å². The van der Waals surface area contributed by atoms with Gasteiger partial charge in [-0.25, -0.2) is 9.18 Å². The molecular formula is C12H11F4NO3. The first-order valence-electron chi connectivity index (χ1n) is 5.42. The average molecular weight is 293 g/mol. The smallest absolute Gasteiger partial charge is 0.416 e. The molecule has 1 N–H and O–H groups in total. The molecule has 0 saturated carbocycles. The van der Waals surface area contributed by atoms with Crippen molar-refractivity contribution in [3.05, 3.63) is 35.1 Å². The quantitative estimate of drug-likeness (QED) is 0.686. The number of ether oxygens (including phenoxy) is 1. The van der Waals surface area contributed by atoms with E-state index in [1.165, 1.54) is 6.92 Å². The molecule has 20 heavy (non-hydrogen) atoms. The van der Waals surface area contributed by atoms with Crippen molar-refractivity contribution < 1.29 is 31.9 Å². The number of rotatable bonds is 3. The summed E-state index contributed by atoms with van der Waals surface area (Å²) in [6.45, 7) is 1.26. The van der Waals surface area contributed by atoms with Crippen LogP contribution < -0.4 is 5.32 Å². The van der Waals surface area contributed by atoms with Gasteiger partial charge in [0, 0.05) is 0 Å². The van der Waals surface area contributed by atoms with Crippen LogP contribution in [0.4, 0.5) is 17.6 Å². The minimum Gasteiger partial charge on any atom is -0.467 e. The van der Waals surface area contributed by atoms with Gasteiger partial charge in [0.1, 0.15) is 11.9 Å². The average Bonchev–Trinajstić information content (AvgIpc) is 2.36. The van der Waals surface area contributed by atoms with Crippen LogP contribution in [0.3, 0.4) is 0 Å². The molecule has 1 amide bonds. The lowest BCUT2D eigenvalue weighted by molar-refractivity contribution is -0.142. The predicted molar refractivity (Wildman–Crippen MR) is 60.3 cm³/mol. The topological polar surface area (TPSA) is 55.4 Å². The molecule has 0 radical (unpaired) electrons. The molecule has 1 rings (SSSR count). The fourth-order valence-electron chi connectivity index (χ4n) is 1.39. The van der Waals surface area contributed by atoms with Crippen LogP contribution in [0.15, 0.2) is 18.2 Å². The predicted octanol–water partition coefficient (Wildman–Crippen LogP) is 2.14. The van der Waals surface area contributed by atoms with E-state index in [1.54, 1.807) is 0 Å². The summed E-state index contributed by atoms with van der Waals surface area (Å²) in [5.74, 6) is -3.05. The van der Waals surface area contributed by atoms with Crippen molar-refractivity contribution in [2.45, 2.75) is 19.1 Å². The van der Waals surface area contributed by atoms with Gasteiger partial charge in [-0.1, -0.05) is 0 Å². The monoisotopic (exact) mass is 293 g/mol. The van der Waals surface area contributed by atoms with Crippen molar-refractivity contribution >= 4 is 11.9 Å². The fourth-order valence-corrected chi connectivity index (χ4v) is 1.39. The first kappa shape index (κ1) is 15.9. The zero-order valence-corrected chi connectivity index (χ0v) is 10.5. The second-order valence-corrected chi connectivity index (χ2v) is 3.91. The molecule has 0 aliphatic rings. The highest BCUT2D eigenvalue weighted by Crippen LogP contribution is 2.30. The van der Waals surface area contributed by atoms with Crippen LogP contribution in [0.5, 0.6) is 0 Å². The summed E-state index contributed by atoms with van der Waals surface area (Å²) in [4.78, 5) is 22.7. The Kier molecular flexibility index (Phi) is 4.69. The van der Waals surface area contributed by atoms with E-state index < -0.39 is 41.0 Å². The van der Waals surface area contributed by atoms with Gasteiger partial charge in [0.2, 0.25) is 0 Å². The lowest BCUT2D eigenvalue weighted by atomic mass is 10.1. The third-order valence-electron chi connectivity index (χ3n) is 2.44. The van der Waals surface area contributed by atoms with E-state index in [9.17, 15) is 27.2 Å². The maximum absolute atomic E-state index is 13.4. The summed E-state index contributed by atoms with van der Waals surface area (Å²) in [6, 6.07) is 0.340. The second kappa shape index (κ2) is 5.89. The Labute approximate surface area is 111 Å². The number of hydrogen-bond acceptors (Lipinski definition) is 3. The number of alkyl halides is 3. The van der Waals surface area contributed by atoms with Crippen LogP contribution in [0.2, 0.25) is 0 Å². The van der Waals surface area contributed by atoms with Crippen molar-refractivity contribution in [1.29, 1.82) is 0 Å². The Hall–Kier alpha value is -2.12. The second-order valence-electron chi connectivity index (χ2n) is 3.91. The number of carbonyl (C=O) groups is 2. The fraction of sp³-hybridized carbons (Fsp3) is 0.333. The number of amides is 1. The van der Waals surface area contributed by atoms with Crippen molar-refractivity contribution in [3.63, 3.8) is 0 Å². The molecule has 0 fully saturated rings. The van der Waals surface area contributed by atoms with Crippen LogP contribution in [0.1, 0.15) is 22.8 Å². The number of halogens is 4. The Balaban J connectivity index is 3.01. The van der Waals surface area contributed by atoms with E-state index in [-0.39, 0.29) is 0 Å². The molecule has 0 spiro atoms. The highest BCUT2D eigenvalue weighted by Gasteiger charge is 2.32. The molecule has 8 heteroatoms. The largest absolute Gasteiger partial charge is 0.467 e. The van der Waals surface area contributed by atoms with Crippen LogP contribution in [0, 0.1) is 5.82 Å². The van der Waals surface area contributed by atoms with E-state index in [1.807, 2.05) is 5.32 Å². The number of benzene rings is 1. The molecule has 0 unspecified atom stereocenters. The molecule has 1 aromatic carbocycles. The zero-order valence-electron chi connectivity index (χ0n) is 10.5. The SMILES string of the molecule is COC(=O)[C@H](C)NC(=O)c1cc(C(F)(F)F)ccc1F. The Bertz CT molecular complexity index is 528. The van der Waals surface area contributed by atoms with E-state index in [4.69, 9.17) is 0 Å². The Morgan fingerprint density at radius 2 is 1.90 bits per heavy atom. The summed E-state index contributed by atoms with van der Waals surface area (Å²) < 4.78 is 55.2. The molecule has 1 aromatic rings. The van der Waals surface area contributed by atoms with Crippen LogP contribution in [-0.2, 0) is 15.7 Å². The minimum atomic E-state index is -4.70. The van der Waals surface area contributed by atoms with Gasteiger partial charge in [-0.3, -0.25) is 4.79 Å². The third-order valence-corrected chi connectivity index (χ3v) is 2.44. The summed E-state index contributed by atoms with van der Waals surface area (Å²) in [6.07, 6.45) is -4.70. The van der Waals surface area contributed by atoms with Gasteiger partial charge in [0.05, 0.1) is 18.2 Å². The molecule has 0 heterocycles. The van der Waals surface area contributed by atoms with Crippen molar-refractivity contribution in [3.8, 4) is 0 Å². The molecule has 0 saturated heterocycles. The molecule has 0 aromatic heterocycles. The van der Waals surface area contributed by atoms with Crippen LogP contribution in [-0.4, -0.2) is 25.0 Å². The van der Waals surface area contributed by atoms with Gasteiger partial charge < -0.3 is 10.1 Å². The van der Waals surface area contributed by atoms with E-state index >= 15 is 0 Å². The molecule has 0 bridgehead atoms. The van der Waals surface area contributed by atoms with Gasteiger partial charge >= 0.3 is 12.1 Å². The maximum atomic E-state index is 13.4. The normalized spacial score (nSPS) is 12.7. The van der Waals surface area contributed by atoms with Gasteiger partial charge in [-0.2, -0.15) is 13.2 Å². The molecule has 110 valence electrons. The first-order valence-corrected chi connectivity index (χ1v) is 5.42. The summed E-state index contributed by atoms with van der Waals surface area (Å²) in [7, 11) is 1.08. The standard InChI is InChI=1S/C12H11F4NO3/c1-6(11(19)20-2)17-10(18)8-5-7(12(14,15)16)3-4-9(8)13/h3-6H,1-2H3,(H,17,18)/t6-/m0/s1. The molecular weight excluding hydrogens is 282 g/mol.